The van der Waals surface area contributed by atoms with Gasteiger partial charge in [-0.15, -0.1) is 0 Å². The molecule has 104 valence electrons. The predicted molar refractivity (Wildman–Crippen MR) is 81.3 cm³/mol. The van der Waals surface area contributed by atoms with E-state index in [1.807, 2.05) is 23.9 Å². The zero-order chi connectivity index (χ0) is 13.8. The molecule has 0 aliphatic carbocycles. The Hall–Kier alpha value is -0.670. The maximum absolute atomic E-state index is 10.9. The van der Waals surface area contributed by atoms with Gasteiger partial charge in [-0.2, -0.15) is 11.8 Å². The van der Waals surface area contributed by atoms with E-state index in [2.05, 4.69) is 6.07 Å². The van der Waals surface area contributed by atoms with Gasteiger partial charge in [-0.3, -0.25) is 4.79 Å². The largest absolute Gasteiger partial charge is 0.481 e. The van der Waals surface area contributed by atoms with E-state index in [0.29, 0.717) is 12.3 Å². The maximum Gasteiger partial charge on any atom is 0.306 e. The van der Waals surface area contributed by atoms with Crippen LogP contribution in [-0.2, 0) is 11.2 Å². The van der Waals surface area contributed by atoms with E-state index in [1.54, 1.807) is 6.92 Å². The van der Waals surface area contributed by atoms with Gasteiger partial charge in [0.2, 0.25) is 0 Å². The minimum atomic E-state index is -0.760. The van der Waals surface area contributed by atoms with Crippen LogP contribution < -0.4 is 0 Å². The van der Waals surface area contributed by atoms with Gasteiger partial charge in [0.1, 0.15) is 0 Å². The Kier molecular flexibility index (Phi) is 5.17. The van der Waals surface area contributed by atoms with Crippen LogP contribution in [0, 0.1) is 5.92 Å². The number of aliphatic carboxylic acids is 1. The fourth-order valence-electron chi connectivity index (χ4n) is 2.48. The number of hydrogen-bond acceptors (Lipinski definition) is 2. The molecule has 0 amide bonds. The molecule has 19 heavy (non-hydrogen) atoms. The van der Waals surface area contributed by atoms with Gasteiger partial charge in [-0.05, 0) is 53.9 Å². The first kappa shape index (κ1) is 14.7. The van der Waals surface area contributed by atoms with E-state index in [0.717, 1.165) is 10.6 Å². The zero-order valence-electron chi connectivity index (χ0n) is 11.1. The minimum Gasteiger partial charge on any atom is -0.481 e. The van der Waals surface area contributed by atoms with Gasteiger partial charge in [0.15, 0.2) is 0 Å². The maximum atomic E-state index is 10.9. The average molecular weight is 299 g/mol. The van der Waals surface area contributed by atoms with Crippen molar-refractivity contribution in [1.82, 2.24) is 0 Å². The lowest BCUT2D eigenvalue weighted by atomic mass is 9.91. The van der Waals surface area contributed by atoms with Crippen LogP contribution in [0.2, 0.25) is 5.02 Å². The molecule has 1 aromatic carbocycles. The SMILES string of the molecule is CC(Cc1ccc(C2CCSCC2)c(Cl)c1)C(=O)O. The summed E-state index contributed by atoms with van der Waals surface area (Å²) >= 11 is 8.38. The molecule has 1 aromatic rings. The van der Waals surface area contributed by atoms with Gasteiger partial charge in [0.25, 0.3) is 0 Å². The smallest absolute Gasteiger partial charge is 0.306 e. The molecule has 1 unspecified atom stereocenters. The Bertz CT molecular complexity index is 455. The molecule has 1 heterocycles. The van der Waals surface area contributed by atoms with Crippen molar-refractivity contribution in [3.05, 3.63) is 34.3 Å². The second kappa shape index (κ2) is 6.67. The summed E-state index contributed by atoms with van der Waals surface area (Å²) in [7, 11) is 0. The van der Waals surface area contributed by atoms with E-state index in [1.165, 1.54) is 29.9 Å². The van der Waals surface area contributed by atoms with Gasteiger partial charge >= 0.3 is 5.97 Å². The fourth-order valence-corrected chi connectivity index (χ4v) is 3.94. The third-order valence-corrected chi connectivity index (χ3v) is 5.07. The third-order valence-electron chi connectivity index (χ3n) is 3.69. The van der Waals surface area contributed by atoms with Crippen LogP contribution in [0.5, 0.6) is 0 Å². The normalized spacial score (nSPS) is 18.2. The highest BCUT2D eigenvalue weighted by Gasteiger charge is 2.19. The summed E-state index contributed by atoms with van der Waals surface area (Å²) in [4.78, 5) is 10.9. The number of benzene rings is 1. The molecule has 1 fully saturated rings. The van der Waals surface area contributed by atoms with Crippen LogP contribution in [0.1, 0.15) is 36.8 Å². The topological polar surface area (TPSA) is 37.3 Å². The van der Waals surface area contributed by atoms with E-state index in [-0.39, 0.29) is 5.92 Å². The number of carboxylic acids is 1. The molecule has 0 bridgehead atoms. The summed E-state index contributed by atoms with van der Waals surface area (Å²) in [5.41, 5.74) is 2.24. The number of carboxylic acid groups (broad SMARTS) is 1. The number of halogens is 1. The second-order valence-corrected chi connectivity index (χ2v) is 6.82. The van der Waals surface area contributed by atoms with Crippen LogP contribution in [0.4, 0.5) is 0 Å². The Morgan fingerprint density at radius 2 is 2.16 bits per heavy atom. The number of rotatable bonds is 4. The van der Waals surface area contributed by atoms with Crippen molar-refractivity contribution in [3.8, 4) is 0 Å². The van der Waals surface area contributed by atoms with E-state index < -0.39 is 5.97 Å². The first-order valence-electron chi connectivity index (χ1n) is 6.67. The van der Waals surface area contributed by atoms with Crippen molar-refractivity contribution in [3.63, 3.8) is 0 Å². The average Bonchev–Trinajstić information content (AvgIpc) is 2.39. The summed E-state index contributed by atoms with van der Waals surface area (Å²) in [6, 6.07) is 6.06. The summed E-state index contributed by atoms with van der Waals surface area (Å²) in [5.74, 6) is 1.86. The van der Waals surface area contributed by atoms with Crippen LogP contribution in [0.25, 0.3) is 0 Å². The molecule has 1 saturated heterocycles. The van der Waals surface area contributed by atoms with Crippen molar-refractivity contribution < 1.29 is 9.90 Å². The molecule has 2 nitrogen and oxygen atoms in total. The molecule has 1 N–H and O–H groups in total. The molecular formula is C15H19ClO2S. The van der Waals surface area contributed by atoms with Crippen LogP contribution in [0.15, 0.2) is 18.2 Å². The third kappa shape index (κ3) is 3.90. The van der Waals surface area contributed by atoms with E-state index in [9.17, 15) is 4.79 Å². The highest BCUT2D eigenvalue weighted by atomic mass is 35.5. The molecule has 0 spiro atoms. The summed E-state index contributed by atoms with van der Waals surface area (Å²) in [6.07, 6.45) is 2.92. The predicted octanol–water partition coefficient (Wildman–Crippen LogP) is 4.21. The van der Waals surface area contributed by atoms with Crippen LogP contribution in [0.3, 0.4) is 0 Å². The Labute approximate surface area is 123 Å². The zero-order valence-corrected chi connectivity index (χ0v) is 12.6. The molecule has 1 aliphatic heterocycles. The molecule has 1 aliphatic rings. The van der Waals surface area contributed by atoms with Crippen molar-refractivity contribution in [2.24, 2.45) is 5.92 Å². The standard InChI is InChI=1S/C15H19ClO2S/c1-10(15(17)18)8-11-2-3-13(14(16)9-11)12-4-6-19-7-5-12/h2-3,9-10,12H,4-8H2,1H3,(H,17,18). The van der Waals surface area contributed by atoms with Crippen molar-refractivity contribution in [2.75, 3.05) is 11.5 Å². The van der Waals surface area contributed by atoms with Crippen LogP contribution >= 0.6 is 23.4 Å². The Balaban J connectivity index is 2.10. The highest BCUT2D eigenvalue weighted by molar-refractivity contribution is 7.99. The Morgan fingerprint density at radius 3 is 2.74 bits per heavy atom. The molecule has 1 atom stereocenters. The summed E-state index contributed by atoms with van der Waals surface area (Å²) in [5, 5.41) is 9.73. The monoisotopic (exact) mass is 298 g/mol. The first-order chi connectivity index (χ1) is 9.08. The highest BCUT2D eigenvalue weighted by Crippen LogP contribution is 2.35. The molecule has 4 heteroatoms. The lowest BCUT2D eigenvalue weighted by molar-refractivity contribution is -0.141. The number of hydrogen-bond donors (Lipinski definition) is 1. The van der Waals surface area contributed by atoms with Crippen LogP contribution in [-0.4, -0.2) is 22.6 Å². The van der Waals surface area contributed by atoms with E-state index in [4.69, 9.17) is 16.7 Å². The van der Waals surface area contributed by atoms with E-state index >= 15 is 0 Å². The number of carbonyl (C=O) groups is 1. The van der Waals surface area contributed by atoms with Gasteiger partial charge in [0, 0.05) is 5.02 Å². The lowest BCUT2D eigenvalue weighted by Gasteiger charge is -2.23. The summed E-state index contributed by atoms with van der Waals surface area (Å²) < 4.78 is 0. The quantitative estimate of drug-likeness (QED) is 0.904. The molecule has 0 saturated carbocycles. The van der Waals surface area contributed by atoms with Gasteiger partial charge in [-0.25, -0.2) is 0 Å². The van der Waals surface area contributed by atoms with Gasteiger partial charge < -0.3 is 5.11 Å². The van der Waals surface area contributed by atoms with Crippen molar-refractivity contribution >= 4 is 29.3 Å². The minimum absolute atomic E-state index is 0.368. The first-order valence-corrected chi connectivity index (χ1v) is 8.20. The second-order valence-electron chi connectivity index (χ2n) is 5.19. The number of thioether (sulfide) groups is 1. The lowest BCUT2D eigenvalue weighted by Crippen LogP contribution is -2.12. The fraction of sp³-hybridized carbons (Fsp3) is 0.533. The molecule has 0 radical (unpaired) electrons. The van der Waals surface area contributed by atoms with Crippen molar-refractivity contribution in [2.45, 2.75) is 32.1 Å². The Morgan fingerprint density at radius 1 is 1.47 bits per heavy atom. The molecule has 0 aromatic heterocycles. The van der Waals surface area contributed by atoms with Gasteiger partial charge in [-0.1, -0.05) is 30.7 Å². The summed E-state index contributed by atoms with van der Waals surface area (Å²) in [6.45, 7) is 1.72. The molecular weight excluding hydrogens is 280 g/mol. The van der Waals surface area contributed by atoms with Crippen molar-refractivity contribution in [1.29, 1.82) is 0 Å². The van der Waals surface area contributed by atoms with Gasteiger partial charge in [0.05, 0.1) is 5.92 Å². The molecule has 2 rings (SSSR count).